The molecule has 24 heavy (non-hydrogen) atoms. The minimum absolute atomic E-state index is 0.0360. The highest BCUT2D eigenvalue weighted by molar-refractivity contribution is 7.09. The monoisotopic (exact) mass is 341 g/mol. The Hall–Kier alpha value is -2.41. The summed E-state index contributed by atoms with van der Waals surface area (Å²) >= 11 is 1.68. The molecule has 0 bridgehead atoms. The molecule has 1 atom stereocenters. The smallest absolute Gasteiger partial charge is 0.318 e. The number of aromatic nitrogens is 3. The van der Waals surface area contributed by atoms with Gasteiger partial charge in [0.15, 0.2) is 11.5 Å². The minimum Gasteiger partial charge on any atom is -0.328 e. The summed E-state index contributed by atoms with van der Waals surface area (Å²) in [6, 6.07) is 9.96. The van der Waals surface area contributed by atoms with Crippen molar-refractivity contribution in [3.05, 3.63) is 52.6 Å². The number of amides is 2. The highest BCUT2D eigenvalue weighted by Gasteiger charge is 2.33. The lowest BCUT2D eigenvalue weighted by molar-refractivity contribution is 0.188. The van der Waals surface area contributed by atoms with E-state index < -0.39 is 0 Å². The number of carbonyl (C=O) groups is 1. The summed E-state index contributed by atoms with van der Waals surface area (Å²) in [7, 11) is 0. The van der Waals surface area contributed by atoms with Crippen LogP contribution in [0.1, 0.15) is 36.5 Å². The van der Waals surface area contributed by atoms with Crippen LogP contribution in [0.2, 0.25) is 0 Å². The molecule has 0 aliphatic heterocycles. The second-order valence-corrected chi connectivity index (χ2v) is 7.13. The molecule has 1 N–H and O–H groups in total. The van der Waals surface area contributed by atoms with Gasteiger partial charge in [0.1, 0.15) is 0 Å². The minimum atomic E-state index is -0.209. The van der Waals surface area contributed by atoms with Gasteiger partial charge in [0.05, 0.1) is 12.6 Å². The van der Waals surface area contributed by atoms with Crippen LogP contribution in [0.4, 0.5) is 4.79 Å². The second kappa shape index (κ2) is 6.24. The fraction of sp³-hybridized carbons (Fsp3) is 0.353. The Bertz CT molecular complexity index is 840. The normalized spacial score (nSPS) is 15.4. The summed E-state index contributed by atoms with van der Waals surface area (Å²) in [6.45, 7) is 2.61. The molecule has 124 valence electrons. The van der Waals surface area contributed by atoms with Gasteiger partial charge in [0, 0.05) is 17.1 Å². The number of hydrogen-bond donors (Lipinski definition) is 1. The van der Waals surface area contributed by atoms with Crippen LogP contribution >= 0.6 is 11.3 Å². The Morgan fingerprint density at radius 2 is 2.25 bits per heavy atom. The quantitative estimate of drug-likeness (QED) is 0.775. The number of rotatable bonds is 5. The van der Waals surface area contributed by atoms with Crippen molar-refractivity contribution in [2.75, 3.05) is 0 Å². The first-order valence-electron chi connectivity index (χ1n) is 8.11. The molecule has 4 rings (SSSR count). The fourth-order valence-corrected chi connectivity index (χ4v) is 3.51. The van der Waals surface area contributed by atoms with Crippen molar-refractivity contribution in [2.24, 2.45) is 0 Å². The zero-order chi connectivity index (χ0) is 16.5. The second-order valence-electron chi connectivity index (χ2n) is 6.10. The van der Waals surface area contributed by atoms with E-state index in [-0.39, 0.29) is 12.1 Å². The van der Waals surface area contributed by atoms with Crippen LogP contribution in [0.25, 0.3) is 5.65 Å². The zero-order valence-electron chi connectivity index (χ0n) is 13.4. The first-order chi connectivity index (χ1) is 11.7. The van der Waals surface area contributed by atoms with Crippen molar-refractivity contribution >= 4 is 23.0 Å². The maximum absolute atomic E-state index is 12.8. The first kappa shape index (κ1) is 15.1. The molecular weight excluding hydrogens is 322 g/mol. The Morgan fingerprint density at radius 1 is 1.38 bits per heavy atom. The third-order valence-electron chi connectivity index (χ3n) is 4.22. The Morgan fingerprint density at radius 3 is 3.00 bits per heavy atom. The van der Waals surface area contributed by atoms with Crippen molar-refractivity contribution in [1.82, 2.24) is 24.8 Å². The third-order valence-corrected chi connectivity index (χ3v) is 5.08. The van der Waals surface area contributed by atoms with Gasteiger partial charge in [-0.1, -0.05) is 12.1 Å². The summed E-state index contributed by atoms with van der Waals surface area (Å²) < 4.78 is 1.91. The van der Waals surface area contributed by atoms with E-state index in [0.717, 1.165) is 24.3 Å². The van der Waals surface area contributed by atoms with Gasteiger partial charge in [-0.2, -0.15) is 0 Å². The molecule has 3 aromatic rings. The highest BCUT2D eigenvalue weighted by atomic mass is 32.1. The summed E-state index contributed by atoms with van der Waals surface area (Å²) in [4.78, 5) is 15.9. The zero-order valence-corrected chi connectivity index (χ0v) is 14.2. The van der Waals surface area contributed by atoms with Crippen LogP contribution in [0.15, 0.2) is 41.9 Å². The van der Waals surface area contributed by atoms with Gasteiger partial charge < -0.3 is 10.2 Å². The van der Waals surface area contributed by atoms with E-state index in [1.54, 1.807) is 11.3 Å². The lowest BCUT2D eigenvalue weighted by Gasteiger charge is -2.24. The molecule has 3 aromatic heterocycles. The van der Waals surface area contributed by atoms with Crippen molar-refractivity contribution in [3.8, 4) is 0 Å². The van der Waals surface area contributed by atoms with E-state index in [1.807, 2.05) is 52.1 Å². The van der Waals surface area contributed by atoms with Gasteiger partial charge >= 0.3 is 6.03 Å². The van der Waals surface area contributed by atoms with Gasteiger partial charge in [0.2, 0.25) is 0 Å². The lowest BCUT2D eigenvalue weighted by Crippen LogP contribution is -2.42. The number of carbonyl (C=O) groups excluding carboxylic acids is 1. The molecule has 3 heterocycles. The van der Waals surface area contributed by atoms with Gasteiger partial charge in [0.25, 0.3) is 0 Å². The van der Waals surface area contributed by atoms with E-state index in [2.05, 4.69) is 21.6 Å². The van der Waals surface area contributed by atoms with Crippen molar-refractivity contribution in [2.45, 2.75) is 38.4 Å². The van der Waals surface area contributed by atoms with Crippen molar-refractivity contribution in [1.29, 1.82) is 0 Å². The van der Waals surface area contributed by atoms with Gasteiger partial charge in [-0.05, 0) is 43.3 Å². The number of urea groups is 1. The van der Waals surface area contributed by atoms with E-state index in [4.69, 9.17) is 0 Å². The number of nitrogens with one attached hydrogen (secondary N) is 1. The van der Waals surface area contributed by atoms with E-state index in [0.29, 0.717) is 12.6 Å². The van der Waals surface area contributed by atoms with Crippen LogP contribution in [0.5, 0.6) is 0 Å². The predicted molar refractivity (Wildman–Crippen MR) is 92.8 cm³/mol. The molecule has 0 aromatic carbocycles. The number of thiophene rings is 1. The van der Waals surface area contributed by atoms with Crippen LogP contribution < -0.4 is 5.32 Å². The molecule has 1 fully saturated rings. The number of pyridine rings is 1. The largest absolute Gasteiger partial charge is 0.328 e. The average molecular weight is 341 g/mol. The van der Waals surface area contributed by atoms with Gasteiger partial charge in [-0.25, -0.2) is 4.79 Å². The Balaban J connectivity index is 1.49. The van der Waals surface area contributed by atoms with Crippen LogP contribution in [0, 0.1) is 0 Å². The molecule has 2 amide bonds. The molecule has 1 aliphatic carbocycles. The number of nitrogens with zero attached hydrogens (tertiary/aromatic N) is 4. The summed E-state index contributed by atoms with van der Waals surface area (Å²) in [6.07, 6.45) is 4.08. The van der Waals surface area contributed by atoms with Crippen molar-refractivity contribution < 1.29 is 4.79 Å². The topological polar surface area (TPSA) is 62.5 Å². The SMILES string of the molecule is C[C@@H](NC(=O)N(Cc1cccs1)C1CC1)c1nnc2ccccn12. The van der Waals surface area contributed by atoms with Crippen LogP contribution in [0.3, 0.4) is 0 Å². The Kier molecular flexibility index (Phi) is 3.93. The van der Waals surface area contributed by atoms with Crippen LogP contribution in [-0.4, -0.2) is 31.6 Å². The van der Waals surface area contributed by atoms with E-state index in [1.165, 1.54) is 4.88 Å². The maximum atomic E-state index is 12.8. The highest BCUT2D eigenvalue weighted by Crippen LogP contribution is 2.29. The number of fused-ring (bicyclic) bond motifs is 1. The van der Waals surface area contributed by atoms with E-state index in [9.17, 15) is 4.79 Å². The molecule has 0 radical (unpaired) electrons. The average Bonchev–Trinajstić information content (AvgIpc) is 3.11. The summed E-state index contributed by atoms with van der Waals surface area (Å²) in [5, 5.41) is 13.5. The standard InChI is InChI=1S/C17H19N5OS/c1-12(16-20-19-15-6-2-3-9-21(15)16)18-17(23)22(13-7-8-13)11-14-5-4-10-24-14/h2-6,9-10,12-13H,7-8,11H2,1H3,(H,18,23)/t12-/m1/s1. The summed E-state index contributed by atoms with van der Waals surface area (Å²) in [5.74, 6) is 0.742. The Labute approximate surface area is 144 Å². The summed E-state index contributed by atoms with van der Waals surface area (Å²) in [5.41, 5.74) is 0.784. The maximum Gasteiger partial charge on any atom is 0.318 e. The number of hydrogen-bond acceptors (Lipinski definition) is 4. The van der Waals surface area contributed by atoms with Gasteiger partial charge in [-0.15, -0.1) is 21.5 Å². The first-order valence-corrected chi connectivity index (χ1v) is 8.99. The predicted octanol–water partition coefficient (Wildman–Crippen LogP) is 3.23. The molecule has 7 heteroatoms. The van der Waals surface area contributed by atoms with Crippen LogP contribution in [-0.2, 0) is 6.54 Å². The molecule has 0 unspecified atom stereocenters. The van der Waals surface area contributed by atoms with E-state index >= 15 is 0 Å². The fourth-order valence-electron chi connectivity index (χ4n) is 2.81. The molecule has 0 saturated heterocycles. The van der Waals surface area contributed by atoms with Gasteiger partial charge in [-0.3, -0.25) is 4.40 Å². The third kappa shape index (κ3) is 2.99. The molecule has 0 spiro atoms. The van der Waals surface area contributed by atoms with Crippen molar-refractivity contribution in [3.63, 3.8) is 0 Å². The molecule has 6 nitrogen and oxygen atoms in total. The molecular formula is C17H19N5OS. The molecule has 1 saturated carbocycles. The lowest BCUT2D eigenvalue weighted by atomic mass is 10.3. The molecule has 1 aliphatic rings.